The van der Waals surface area contributed by atoms with E-state index in [-0.39, 0.29) is 12.5 Å². The van der Waals surface area contributed by atoms with Gasteiger partial charge >= 0.3 is 0 Å². The molecular weight excluding hydrogens is 290 g/mol. The number of nitrogens with zero attached hydrogens (tertiary/aromatic N) is 5. The lowest BCUT2D eigenvalue weighted by molar-refractivity contribution is -0.129. The Morgan fingerprint density at radius 1 is 1.00 bits per heavy atom. The second-order valence-electron chi connectivity index (χ2n) is 6.11. The number of hydrogen-bond acceptors (Lipinski definition) is 3. The first-order valence-electron chi connectivity index (χ1n) is 7.96. The zero-order valence-electron chi connectivity index (χ0n) is 14.6. The van der Waals surface area contributed by atoms with Gasteiger partial charge in [0.25, 0.3) is 0 Å². The highest BCUT2D eigenvalue weighted by Gasteiger charge is 2.21. The smallest absolute Gasteiger partial charge is 0.244 e. The molecular formula is C17H27N5O. The number of aliphatic imine (C=N–C) groups is 1. The van der Waals surface area contributed by atoms with Gasteiger partial charge in [-0.2, -0.15) is 0 Å². The minimum atomic E-state index is 0.0962. The largest absolute Gasteiger partial charge is 0.368 e. The zero-order chi connectivity index (χ0) is 16.8. The predicted molar refractivity (Wildman–Crippen MR) is 94.9 cm³/mol. The number of piperazine rings is 1. The van der Waals surface area contributed by atoms with Crippen LogP contribution in [0.1, 0.15) is 0 Å². The molecule has 6 nitrogen and oxygen atoms in total. The van der Waals surface area contributed by atoms with Crippen LogP contribution in [0.5, 0.6) is 0 Å². The second kappa shape index (κ2) is 7.85. The van der Waals surface area contributed by atoms with Crippen LogP contribution in [0.4, 0.5) is 5.69 Å². The van der Waals surface area contributed by atoms with Crippen LogP contribution in [0.3, 0.4) is 0 Å². The van der Waals surface area contributed by atoms with Crippen LogP contribution in [0, 0.1) is 0 Å². The van der Waals surface area contributed by atoms with E-state index in [0.29, 0.717) is 0 Å². The van der Waals surface area contributed by atoms with Gasteiger partial charge in [-0.25, -0.2) is 4.99 Å². The summed E-state index contributed by atoms with van der Waals surface area (Å²) in [5, 5.41) is 0. The summed E-state index contributed by atoms with van der Waals surface area (Å²) in [6.07, 6.45) is 0. The van der Waals surface area contributed by atoms with Gasteiger partial charge in [-0.15, -0.1) is 0 Å². The van der Waals surface area contributed by atoms with Crippen molar-refractivity contribution in [3.8, 4) is 0 Å². The molecule has 1 fully saturated rings. The summed E-state index contributed by atoms with van der Waals surface area (Å²) in [4.78, 5) is 24.9. The van der Waals surface area contributed by atoms with E-state index in [0.717, 1.165) is 32.1 Å². The van der Waals surface area contributed by atoms with E-state index < -0.39 is 0 Å². The van der Waals surface area contributed by atoms with E-state index in [2.05, 4.69) is 22.0 Å². The van der Waals surface area contributed by atoms with Gasteiger partial charge in [0.15, 0.2) is 5.96 Å². The first-order valence-corrected chi connectivity index (χ1v) is 7.96. The fraction of sp³-hybridized carbons (Fsp3) is 0.529. The number of para-hydroxylation sites is 1. The highest BCUT2D eigenvalue weighted by Crippen LogP contribution is 2.15. The minimum Gasteiger partial charge on any atom is -0.368 e. The Balaban J connectivity index is 1.87. The van der Waals surface area contributed by atoms with E-state index in [9.17, 15) is 4.79 Å². The van der Waals surface area contributed by atoms with Crippen molar-refractivity contribution >= 4 is 17.6 Å². The molecule has 1 aromatic carbocycles. The zero-order valence-corrected chi connectivity index (χ0v) is 14.6. The summed E-state index contributed by atoms with van der Waals surface area (Å²) < 4.78 is 0. The Hall–Kier alpha value is -2.24. The molecule has 1 aliphatic heterocycles. The SMILES string of the molecule is CN(C)C(=NCC(=O)N1CCN(c2ccccc2)CC1)N(C)C. The molecule has 2 rings (SSSR count). The van der Waals surface area contributed by atoms with Crippen molar-refractivity contribution < 1.29 is 4.79 Å². The van der Waals surface area contributed by atoms with Gasteiger partial charge in [0.1, 0.15) is 6.54 Å². The van der Waals surface area contributed by atoms with Crippen molar-refractivity contribution in [2.45, 2.75) is 0 Å². The van der Waals surface area contributed by atoms with Gasteiger partial charge in [0, 0.05) is 60.1 Å². The Bertz CT molecular complexity index is 523. The number of amides is 1. The summed E-state index contributed by atoms with van der Waals surface area (Å²) in [5.74, 6) is 0.903. The Morgan fingerprint density at radius 3 is 2.09 bits per heavy atom. The number of rotatable bonds is 3. The van der Waals surface area contributed by atoms with Crippen LogP contribution in [0.2, 0.25) is 0 Å². The van der Waals surface area contributed by atoms with Crippen molar-refractivity contribution in [3.05, 3.63) is 30.3 Å². The van der Waals surface area contributed by atoms with Crippen molar-refractivity contribution in [1.82, 2.24) is 14.7 Å². The number of anilines is 1. The van der Waals surface area contributed by atoms with Gasteiger partial charge < -0.3 is 19.6 Å². The molecule has 0 unspecified atom stereocenters. The maximum atomic E-state index is 12.4. The number of benzene rings is 1. The van der Waals surface area contributed by atoms with Crippen LogP contribution < -0.4 is 4.90 Å². The Kier molecular flexibility index (Phi) is 5.84. The Morgan fingerprint density at radius 2 is 1.57 bits per heavy atom. The molecule has 0 radical (unpaired) electrons. The van der Waals surface area contributed by atoms with E-state index >= 15 is 0 Å². The van der Waals surface area contributed by atoms with Crippen molar-refractivity contribution in [2.75, 3.05) is 65.8 Å². The van der Waals surface area contributed by atoms with E-state index in [4.69, 9.17) is 0 Å². The molecule has 1 aliphatic rings. The topological polar surface area (TPSA) is 42.4 Å². The molecule has 1 amide bonds. The van der Waals surface area contributed by atoms with Gasteiger partial charge in [-0.1, -0.05) is 18.2 Å². The number of guanidine groups is 1. The van der Waals surface area contributed by atoms with Gasteiger partial charge in [0.05, 0.1) is 0 Å². The van der Waals surface area contributed by atoms with Crippen LogP contribution in [0.25, 0.3) is 0 Å². The van der Waals surface area contributed by atoms with Crippen molar-refractivity contribution in [1.29, 1.82) is 0 Å². The lowest BCUT2D eigenvalue weighted by atomic mass is 10.2. The monoisotopic (exact) mass is 317 g/mol. The molecule has 0 aromatic heterocycles. The normalized spacial score (nSPS) is 14.4. The molecule has 1 heterocycles. The maximum Gasteiger partial charge on any atom is 0.244 e. The molecule has 0 aliphatic carbocycles. The summed E-state index contributed by atoms with van der Waals surface area (Å²) >= 11 is 0. The second-order valence-corrected chi connectivity index (χ2v) is 6.11. The van der Waals surface area contributed by atoms with Crippen LogP contribution >= 0.6 is 0 Å². The van der Waals surface area contributed by atoms with E-state index in [1.807, 2.05) is 61.1 Å². The molecule has 1 saturated heterocycles. The number of carbonyl (C=O) groups excluding carboxylic acids is 1. The first kappa shape index (κ1) is 17.1. The summed E-state index contributed by atoms with van der Waals surface area (Å²) in [6.45, 7) is 3.45. The van der Waals surface area contributed by atoms with Gasteiger partial charge in [0.2, 0.25) is 5.91 Å². The van der Waals surface area contributed by atoms with Crippen molar-refractivity contribution in [2.24, 2.45) is 4.99 Å². The average Bonchev–Trinajstić information content (AvgIpc) is 2.55. The molecule has 126 valence electrons. The molecule has 23 heavy (non-hydrogen) atoms. The summed E-state index contributed by atoms with van der Waals surface area (Å²) in [5.41, 5.74) is 1.22. The standard InChI is InChI=1S/C17H27N5O/c1-19(2)17(20(3)4)18-14-16(23)22-12-10-21(11-13-22)15-8-6-5-7-9-15/h5-9H,10-14H2,1-4H3. The molecule has 6 heteroatoms. The summed E-state index contributed by atoms with van der Waals surface area (Å²) in [7, 11) is 7.73. The highest BCUT2D eigenvalue weighted by molar-refractivity contribution is 5.84. The molecule has 1 aromatic rings. The van der Waals surface area contributed by atoms with Crippen molar-refractivity contribution in [3.63, 3.8) is 0 Å². The third-order valence-corrected chi connectivity index (χ3v) is 3.91. The van der Waals surface area contributed by atoms with Crippen LogP contribution in [-0.2, 0) is 4.79 Å². The third kappa shape index (κ3) is 4.61. The fourth-order valence-electron chi connectivity index (χ4n) is 2.77. The fourth-order valence-corrected chi connectivity index (χ4v) is 2.77. The average molecular weight is 317 g/mol. The predicted octanol–water partition coefficient (Wildman–Crippen LogP) is 0.814. The van der Waals surface area contributed by atoms with E-state index in [1.54, 1.807) is 0 Å². The summed E-state index contributed by atoms with van der Waals surface area (Å²) in [6, 6.07) is 10.3. The minimum absolute atomic E-state index is 0.0962. The number of hydrogen-bond donors (Lipinski definition) is 0. The highest BCUT2D eigenvalue weighted by atomic mass is 16.2. The van der Waals surface area contributed by atoms with Gasteiger partial charge in [-0.05, 0) is 12.1 Å². The molecule has 0 N–H and O–H groups in total. The number of carbonyl (C=O) groups is 1. The third-order valence-electron chi connectivity index (χ3n) is 3.91. The Labute approximate surface area is 139 Å². The molecule has 0 bridgehead atoms. The lowest BCUT2D eigenvalue weighted by Gasteiger charge is -2.36. The van der Waals surface area contributed by atoms with Crippen LogP contribution in [-0.4, -0.2) is 87.5 Å². The van der Waals surface area contributed by atoms with E-state index in [1.165, 1.54) is 5.69 Å². The lowest BCUT2D eigenvalue weighted by Crippen LogP contribution is -2.49. The first-order chi connectivity index (χ1) is 11.0. The molecule has 0 atom stereocenters. The van der Waals surface area contributed by atoms with Gasteiger partial charge in [-0.3, -0.25) is 4.79 Å². The molecule has 0 saturated carbocycles. The maximum absolute atomic E-state index is 12.4. The quantitative estimate of drug-likeness (QED) is 0.611. The molecule has 0 spiro atoms. The van der Waals surface area contributed by atoms with Crippen LogP contribution in [0.15, 0.2) is 35.3 Å².